The van der Waals surface area contributed by atoms with Gasteiger partial charge >= 0.3 is 6.09 Å². The Morgan fingerprint density at radius 1 is 1.48 bits per heavy atom. The van der Waals surface area contributed by atoms with Crippen molar-refractivity contribution in [3.63, 3.8) is 0 Å². The van der Waals surface area contributed by atoms with Gasteiger partial charge in [0, 0.05) is 17.8 Å². The Bertz CT molecular complexity index is 490. The Morgan fingerprint density at radius 2 is 2.14 bits per heavy atom. The van der Waals surface area contributed by atoms with E-state index in [4.69, 9.17) is 10.3 Å². The van der Waals surface area contributed by atoms with E-state index in [1.807, 2.05) is 6.92 Å². The number of nitrogens with zero attached hydrogens (tertiary/aromatic N) is 4. The molecule has 1 aliphatic carbocycles. The van der Waals surface area contributed by atoms with Crippen LogP contribution in [0.5, 0.6) is 0 Å². The fraction of sp³-hybridized carbons (Fsp3) is 0.769. The van der Waals surface area contributed by atoms with Crippen LogP contribution in [-0.4, -0.2) is 41.4 Å². The van der Waals surface area contributed by atoms with Gasteiger partial charge in [-0.05, 0) is 30.7 Å². The number of rotatable bonds is 4. The quantitative estimate of drug-likeness (QED) is 0.449. The molecule has 2 amide bonds. The molecular formula is C13H18N4O4. The zero-order valence-electron chi connectivity index (χ0n) is 11.9. The molecule has 1 saturated heterocycles. The van der Waals surface area contributed by atoms with Crippen molar-refractivity contribution in [2.75, 3.05) is 6.61 Å². The summed E-state index contributed by atoms with van der Waals surface area (Å²) in [5.41, 5.74) is 8.70. The largest absolute Gasteiger partial charge is 0.447 e. The fourth-order valence-corrected chi connectivity index (χ4v) is 2.85. The van der Waals surface area contributed by atoms with Gasteiger partial charge in [-0.15, -0.1) is 0 Å². The number of ketones is 1. The molecule has 0 aromatic carbocycles. The van der Waals surface area contributed by atoms with Crippen molar-refractivity contribution in [1.29, 1.82) is 0 Å². The van der Waals surface area contributed by atoms with Crippen molar-refractivity contribution in [3.8, 4) is 0 Å². The molecule has 2 unspecified atom stereocenters. The number of imide groups is 1. The van der Waals surface area contributed by atoms with Gasteiger partial charge in [-0.2, -0.15) is 0 Å². The second kappa shape index (κ2) is 6.58. The standard InChI is InChI=1S/C13H18N4O4/c1-2-9-7-21-13(20)17(9)12(19)11(15-16-14)8-3-5-10(18)6-4-8/h8-9,11H,2-7H2,1H3. The third kappa shape index (κ3) is 3.16. The maximum atomic E-state index is 12.6. The monoisotopic (exact) mass is 294 g/mol. The second-order valence-electron chi connectivity index (χ2n) is 5.37. The van der Waals surface area contributed by atoms with Crippen molar-refractivity contribution in [2.45, 2.75) is 51.1 Å². The zero-order valence-corrected chi connectivity index (χ0v) is 11.9. The van der Waals surface area contributed by atoms with Crippen LogP contribution in [-0.2, 0) is 14.3 Å². The molecule has 0 N–H and O–H groups in total. The first-order valence-corrected chi connectivity index (χ1v) is 7.14. The minimum Gasteiger partial charge on any atom is -0.447 e. The van der Waals surface area contributed by atoms with Crippen LogP contribution in [0.3, 0.4) is 0 Å². The summed E-state index contributed by atoms with van der Waals surface area (Å²) < 4.78 is 4.90. The normalized spacial score (nSPS) is 24.4. The average Bonchev–Trinajstić information content (AvgIpc) is 2.86. The minimum atomic E-state index is -0.942. The topological polar surface area (TPSA) is 112 Å². The van der Waals surface area contributed by atoms with Gasteiger partial charge in [-0.25, -0.2) is 9.69 Å². The van der Waals surface area contributed by atoms with Crippen LogP contribution < -0.4 is 0 Å². The van der Waals surface area contributed by atoms with Crippen LogP contribution in [0, 0.1) is 5.92 Å². The highest BCUT2D eigenvalue weighted by Crippen LogP contribution is 2.29. The van der Waals surface area contributed by atoms with E-state index in [1.165, 1.54) is 0 Å². The Hall–Kier alpha value is -2.08. The summed E-state index contributed by atoms with van der Waals surface area (Å²) in [4.78, 5) is 39.4. The molecular weight excluding hydrogens is 276 g/mol. The summed E-state index contributed by atoms with van der Waals surface area (Å²) >= 11 is 0. The summed E-state index contributed by atoms with van der Waals surface area (Å²) in [7, 11) is 0. The van der Waals surface area contributed by atoms with E-state index in [-0.39, 0.29) is 24.3 Å². The molecule has 21 heavy (non-hydrogen) atoms. The molecule has 2 atom stereocenters. The van der Waals surface area contributed by atoms with E-state index >= 15 is 0 Å². The Kier molecular flexibility index (Phi) is 4.80. The molecule has 2 fully saturated rings. The first-order chi connectivity index (χ1) is 10.1. The molecule has 2 aliphatic rings. The van der Waals surface area contributed by atoms with Crippen LogP contribution >= 0.6 is 0 Å². The number of ether oxygens (including phenoxy) is 1. The lowest BCUT2D eigenvalue weighted by molar-refractivity contribution is -0.133. The predicted octanol–water partition coefficient (Wildman–Crippen LogP) is 2.18. The molecule has 0 radical (unpaired) electrons. The number of carbonyl (C=O) groups is 3. The minimum absolute atomic E-state index is 0.158. The fourth-order valence-electron chi connectivity index (χ4n) is 2.85. The van der Waals surface area contributed by atoms with Crippen molar-refractivity contribution >= 4 is 17.8 Å². The van der Waals surface area contributed by atoms with Crippen LogP contribution in [0.2, 0.25) is 0 Å². The van der Waals surface area contributed by atoms with Gasteiger partial charge in [-0.1, -0.05) is 12.0 Å². The highest BCUT2D eigenvalue weighted by Gasteiger charge is 2.42. The first kappa shape index (κ1) is 15.3. The lowest BCUT2D eigenvalue weighted by atomic mass is 9.83. The van der Waals surface area contributed by atoms with Crippen molar-refractivity contribution in [1.82, 2.24) is 4.90 Å². The Balaban J connectivity index is 2.17. The molecule has 0 aromatic rings. The van der Waals surface area contributed by atoms with Crippen molar-refractivity contribution < 1.29 is 19.1 Å². The van der Waals surface area contributed by atoms with Gasteiger partial charge in [0.2, 0.25) is 5.91 Å². The van der Waals surface area contributed by atoms with Gasteiger partial charge in [0.05, 0.1) is 6.04 Å². The zero-order chi connectivity index (χ0) is 15.4. The van der Waals surface area contributed by atoms with Crippen molar-refractivity contribution in [3.05, 3.63) is 10.4 Å². The molecule has 0 spiro atoms. The van der Waals surface area contributed by atoms with E-state index in [0.29, 0.717) is 32.1 Å². The maximum absolute atomic E-state index is 12.6. The smallest absolute Gasteiger partial charge is 0.416 e. The molecule has 1 heterocycles. The summed E-state index contributed by atoms with van der Waals surface area (Å²) in [5.74, 6) is -0.552. The van der Waals surface area contributed by atoms with Gasteiger partial charge in [0.15, 0.2) is 0 Å². The van der Waals surface area contributed by atoms with Crippen LogP contribution in [0.15, 0.2) is 5.11 Å². The van der Waals surface area contributed by atoms with E-state index in [9.17, 15) is 14.4 Å². The van der Waals surface area contributed by atoms with E-state index in [0.717, 1.165) is 4.90 Å². The molecule has 1 saturated carbocycles. The Labute approximate surface area is 122 Å². The highest BCUT2D eigenvalue weighted by atomic mass is 16.6. The number of Topliss-reactive ketones (excluding diaryl/α,β-unsaturated/α-hetero) is 1. The summed E-state index contributed by atoms with van der Waals surface area (Å²) in [6.07, 6.45) is 1.69. The number of hydrogen-bond acceptors (Lipinski definition) is 5. The van der Waals surface area contributed by atoms with E-state index in [2.05, 4.69) is 10.0 Å². The van der Waals surface area contributed by atoms with E-state index in [1.54, 1.807) is 0 Å². The second-order valence-corrected chi connectivity index (χ2v) is 5.37. The van der Waals surface area contributed by atoms with Crippen LogP contribution in [0.1, 0.15) is 39.0 Å². The lowest BCUT2D eigenvalue weighted by Crippen LogP contribution is -2.46. The van der Waals surface area contributed by atoms with Crippen LogP contribution in [0.4, 0.5) is 4.79 Å². The lowest BCUT2D eigenvalue weighted by Gasteiger charge is -2.29. The average molecular weight is 294 g/mol. The number of cyclic esters (lactones) is 1. The SMILES string of the molecule is CCC1COC(=O)N1C(=O)C(N=[N+]=[N-])C1CCC(=O)CC1. The molecule has 8 heteroatoms. The van der Waals surface area contributed by atoms with E-state index < -0.39 is 18.0 Å². The Morgan fingerprint density at radius 3 is 2.71 bits per heavy atom. The first-order valence-electron chi connectivity index (χ1n) is 7.14. The number of azide groups is 1. The molecule has 0 aromatic heterocycles. The molecule has 8 nitrogen and oxygen atoms in total. The maximum Gasteiger partial charge on any atom is 0.416 e. The molecule has 2 rings (SSSR count). The predicted molar refractivity (Wildman–Crippen MR) is 72.2 cm³/mol. The third-order valence-corrected chi connectivity index (χ3v) is 4.13. The molecule has 1 aliphatic heterocycles. The van der Waals surface area contributed by atoms with Gasteiger partial charge in [-0.3, -0.25) is 9.59 Å². The van der Waals surface area contributed by atoms with Gasteiger partial charge in [0.25, 0.3) is 0 Å². The number of hydrogen-bond donors (Lipinski definition) is 0. The summed E-state index contributed by atoms with van der Waals surface area (Å²) in [5, 5.41) is 3.59. The highest BCUT2D eigenvalue weighted by molar-refractivity contribution is 5.96. The summed E-state index contributed by atoms with van der Waals surface area (Å²) in [6, 6.07) is -1.26. The third-order valence-electron chi connectivity index (χ3n) is 4.13. The van der Waals surface area contributed by atoms with Crippen molar-refractivity contribution in [2.24, 2.45) is 11.0 Å². The number of amides is 2. The van der Waals surface area contributed by atoms with Crippen LogP contribution in [0.25, 0.3) is 10.4 Å². The van der Waals surface area contributed by atoms with Gasteiger partial charge in [0.1, 0.15) is 18.4 Å². The van der Waals surface area contributed by atoms with Gasteiger partial charge < -0.3 is 4.74 Å². The number of carbonyl (C=O) groups excluding carboxylic acids is 3. The molecule has 0 bridgehead atoms. The summed E-state index contributed by atoms with van der Waals surface area (Å²) in [6.45, 7) is 2.03. The molecule has 114 valence electrons.